The largest absolute Gasteiger partial charge is 0.493 e. The smallest absolute Gasteiger partial charge is 0.339 e. The average molecular weight is 271 g/mol. The van der Waals surface area contributed by atoms with Crippen LogP contribution < -0.4 is 4.74 Å². The summed E-state index contributed by atoms with van der Waals surface area (Å²) in [6.07, 6.45) is 0. The Morgan fingerprint density at radius 3 is 2.72 bits per heavy atom. The molecule has 98 valence electrons. The van der Waals surface area contributed by atoms with Gasteiger partial charge in [0.15, 0.2) is 0 Å². The zero-order valence-electron chi connectivity index (χ0n) is 10.4. The molecule has 1 saturated heterocycles. The first kappa shape index (κ1) is 13.2. The van der Waals surface area contributed by atoms with Crippen LogP contribution in [0.15, 0.2) is 18.2 Å². The predicted octanol–water partition coefficient (Wildman–Crippen LogP) is 2.54. The maximum atomic E-state index is 11.4. The zero-order valence-corrected chi connectivity index (χ0v) is 11.1. The molecule has 4 nitrogen and oxygen atoms in total. The van der Waals surface area contributed by atoms with Crippen molar-refractivity contribution < 1.29 is 19.0 Å². The number of benzene rings is 1. The molecule has 0 unspecified atom stereocenters. The van der Waals surface area contributed by atoms with Crippen molar-refractivity contribution in [2.45, 2.75) is 6.92 Å². The summed E-state index contributed by atoms with van der Waals surface area (Å²) in [4.78, 5) is 11.4. The molecule has 1 aromatic carbocycles. The summed E-state index contributed by atoms with van der Waals surface area (Å²) >= 11 is 6.00. The normalized spacial score (nSPS) is 16.8. The van der Waals surface area contributed by atoms with Gasteiger partial charge in [0.05, 0.1) is 37.5 Å². The highest BCUT2D eigenvalue weighted by molar-refractivity contribution is 6.33. The third-order valence-corrected chi connectivity index (χ3v) is 3.15. The summed E-state index contributed by atoms with van der Waals surface area (Å²) in [5.74, 6) is 0.187. The van der Waals surface area contributed by atoms with Crippen molar-refractivity contribution in [1.82, 2.24) is 0 Å². The summed E-state index contributed by atoms with van der Waals surface area (Å²) in [5, 5.41) is 0.328. The SMILES string of the molecule is COC(=O)c1ccc(OCC2(C)COC2)cc1Cl. The summed E-state index contributed by atoms with van der Waals surface area (Å²) in [7, 11) is 1.32. The molecule has 0 aromatic heterocycles. The van der Waals surface area contributed by atoms with E-state index in [9.17, 15) is 4.79 Å². The van der Waals surface area contributed by atoms with E-state index >= 15 is 0 Å². The number of carbonyl (C=O) groups is 1. The Morgan fingerprint density at radius 2 is 2.22 bits per heavy atom. The van der Waals surface area contributed by atoms with Crippen molar-refractivity contribution in [2.24, 2.45) is 5.41 Å². The molecule has 1 aromatic rings. The number of hydrogen-bond donors (Lipinski definition) is 0. The van der Waals surface area contributed by atoms with E-state index in [-0.39, 0.29) is 5.41 Å². The van der Waals surface area contributed by atoms with Crippen LogP contribution in [0.1, 0.15) is 17.3 Å². The Morgan fingerprint density at radius 1 is 1.50 bits per heavy atom. The molecule has 1 heterocycles. The van der Waals surface area contributed by atoms with Gasteiger partial charge in [0.25, 0.3) is 0 Å². The van der Waals surface area contributed by atoms with E-state index in [4.69, 9.17) is 21.1 Å². The highest BCUT2D eigenvalue weighted by Gasteiger charge is 2.34. The fourth-order valence-electron chi connectivity index (χ4n) is 1.65. The number of rotatable bonds is 4. The van der Waals surface area contributed by atoms with Gasteiger partial charge in [-0.15, -0.1) is 0 Å². The molecule has 0 atom stereocenters. The van der Waals surface area contributed by atoms with Crippen LogP contribution in [-0.4, -0.2) is 32.9 Å². The maximum Gasteiger partial charge on any atom is 0.339 e. The first-order valence-electron chi connectivity index (χ1n) is 5.62. The molecule has 2 rings (SSSR count). The first-order valence-corrected chi connectivity index (χ1v) is 6.00. The lowest BCUT2D eigenvalue weighted by Gasteiger charge is -2.37. The molecule has 1 aliphatic heterocycles. The van der Waals surface area contributed by atoms with Gasteiger partial charge < -0.3 is 14.2 Å². The third kappa shape index (κ3) is 2.76. The van der Waals surface area contributed by atoms with Gasteiger partial charge in [0.1, 0.15) is 5.75 Å². The molecule has 18 heavy (non-hydrogen) atoms. The van der Waals surface area contributed by atoms with Crippen LogP contribution >= 0.6 is 11.6 Å². The van der Waals surface area contributed by atoms with Crippen molar-refractivity contribution in [1.29, 1.82) is 0 Å². The quantitative estimate of drug-likeness (QED) is 0.789. The van der Waals surface area contributed by atoms with Crippen molar-refractivity contribution in [3.05, 3.63) is 28.8 Å². The molecule has 0 N–H and O–H groups in total. The Balaban J connectivity index is 2.02. The van der Waals surface area contributed by atoms with Crippen molar-refractivity contribution >= 4 is 17.6 Å². The highest BCUT2D eigenvalue weighted by atomic mass is 35.5. The van der Waals surface area contributed by atoms with E-state index < -0.39 is 5.97 Å². The second-order valence-electron chi connectivity index (χ2n) is 4.73. The lowest BCUT2D eigenvalue weighted by atomic mass is 9.90. The molecular formula is C13H15ClO4. The number of methoxy groups -OCH3 is 1. The van der Waals surface area contributed by atoms with Crippen molar-refractivity contribution in [3.63, 3.8) is 0 Å². The zero-order chi connectivity index (χ0) is 13.2. The molecule has 0 amide bonds. The van der Waals surface area contributed by atoms with Crippen LogP contribution in [0.25, 0.3) is 0 Å². The van der Waals surface area contributed by atoms with E-state index in [1.807, 2.05) is 0 Å². The van der Waals surface area contributed by atoms with E-state index in [1.165, 1.54) is 7.11 Å². The van der Waals surface area contributed by atoms with Crippen LogP contribution in [0.2, 0.25) is 5.02 Å². The molecule has 1 fully saturated rings. The minimum absolute atomic E-state index is 0.0769. The van der Waals surface area contributed by atoms with Gasteiger partial charge in [-0.25, -0.2) is 4.79 Å². The summed E-state index contributed by atoms with van der Waals surface area (Å²) in [6, 6.07) is 4.93. The van der Waals surface area contributed by atoms with Crippen LogP contribution in [0, 0.1) is 5.41 Å². The lowest BCUT2D eigenvalue weighted by Crippen LogP contribution is -2.44. The summed E-state index contributed by atoms with van der Waals surface area (Å²) < 4.78 is 15.4. The first-order chi connectivity index (χ1) is 8.54. The highest BCUT2D eigenvalue weighted by Crippen LogP contribution is 2.29. The predicted molar refractivity (Wildman–Crippen MR) is 67.2 cm³/mol. The van der Waals surface area contributed by atoms with Gasteiger partial charge in [0, 0.05) is 5.41 Å². The Bertz CT molecular complexity index is 454. The second kappa shape index (κ2) is 5.16. The van der Waals surface area contributed by atoms with Crippen molar-refractivity contribution in [2.75, 3.05) is 26.9 Å². The van der Waals surface area contributed by atoms with Crippen LogP contribution in [0.5, 0.6) is 5.75 Å². The van der Waals surface area contributed by atoms with E-state index in [2.05, 4.69) is 11.7 Å². The minimum Gasteiger partial charge on any atom is -0.493 e. The van der Waals surface area contributed by atoms with Crippen molar-refractivity contribution in [3.8, 4) is 5.75 Å². The Kier molecular flexibility index (Phi) is 3.78. The molecule has 1 aliphatic rings. The van der Waals surface area contributed by atoms with Gasteiger partial charge in [-0.05, 0) is 18.2 Å². The minimum atomic E-state index is -0.453. The summed E-state index contributed by atoms with van der Waals surface area (Å²) in [5.41, 5.74) is 0.415. The van der Waals surface area contributed by atoms with E-state index in [1.54, 1.807) is 18.2 Å². The Hall–Kier alpha value is -1.26. The maximum absolute atomic E-state index is 11.4. The van der Waals surface area contributed by atoms with Gasteiger partial charge in [-0.1, -0.05) is 18.5 Å². The molecule has 0 spiro atoms. The second-order valence-corrected chi connectivity index (χ2v) is 5.13. The number of hydrogen-bond acceptors (Lipinski definition) is 4. The monoisotopic (exact) mass is 270 g/mol. The average Bonchev–Trinajstić information content (AvgIpc) is 2.33. The lowest BCUT2D eigenvalue weighted by molar-refractivity contribution is -0.120. The number of halogens is 1. The molecule has 0 bridgehead atoms. The molecule has 0 saturated carbocycles. The van der Waals surface area contributed by atoms with Gasteiger partial charge in [0.2, 0.25) is 0 Å². The Labute approximate surface area is 111 Å². The van der Waals surface area contributed by atoms with Crippen LogP contribution in [0.3, 0.4) is 0 Å². The van der Waals surface area contributed by atoms with Gasteiger partial charge in [-0.2, -0.15) is 0 Å². The molecule has 0 aliphatic carbocycles. The van der Waals surface area contributed by atoms with Crippen LogP contribution in [0.4, 0.5) is 0 Å². The van der Waals surface area contributed by atoms with Gasteiger partial charge in [-0.3, -0.25) is 0 Å². The van der Waals surface area contributed by atoms with E-state index in [0.29, 0.717) is 36.2 Å². The molecule has 5 heteroatoms. The summed E-state index contributed by atoms with van der Waals surface area (Å²) in [6.45, 7) is 4.09. The molecular weight excluding hydrogens is 256 g/mol. The van der Waals surface area contributed by atoms with Crippen LogP contribution in [-0.2, 0) is 9.47 Å². The fraction of sp³-hybridized carbons (Fsp3) is 0.462. The fourth-order valence-corrected chi connectivity index (χ4v) is 1.90. The third-order valence-electron chi connectivity index (χ3n) is 2.83. The number of esters is 1. The number of carbonyl (C=O) groups excluding carboxylic acids is 1. The standard InChI is InChI=1S/C13H15ClO4/c1-13(6-17-7-13)8-18-9-3-4-10(11(14)5-9)12(15)16-2/h3-5H,6-8H2,1-2H3. The topological polar surface area (TPSA) is 44.8 Å². The van der Waals surface area contributed by atoms with E-state index in [0.717, 1.165) is 0 Å². The number of ether oxygens (including phenoxy) is 3. The molecule has 0 radical (unpaired) electrons. The van der Waals surface area contributed by atoms with Gasteiger partial charge >= 0.3 is 5.97 Å².